The fourth-order valence-electron chi connectivity index (χ4n) is 0.596. The minimum Gasteiger partial charge on any atom is -0.460 e. The molecule has 0 aliphatic carbocycles. The summed E-state index contributed by atoms with van der Waals surface area (Å²) in [4.78, 5) is 21.3. The molecule has 0 saturated carbocycles. The Morgan fingerprint density at radius 3 is 2.43 bits per heavy atom. The monoisotopic (exact) mass is 200 g/mol. The molecule has 0 aromatic rings. The van der Waals surface area contributed by atoms with Crippen LogP contribution in [0, 0.1) is 0 Å². The highest BCUT2D eigenvalue weighted by Crippen LogP contribution is 2.04. The molecule has 0 amide bonds. The van der Waals surface area contributed by atoms with E-state index in [1.54, 1.807) is 20.8 Å². The summed E-state index contributed by atoms with van der Waals surface area (Å²) in [5, 5.41) is 0. The molecule has 0 fully saturated rings. The van der Waals surface area contributed by atoms with Crippen molar-refractivity contribution in [2.75, 3.05) is 13.2 Å². The molecule has 0 aliphatic rings. The van der Waals surface area contributed by atoms with E-state index >= 15 is 0 Å². The zero-order valence-electron chi connectivity index (χ0n) is 8.83. The van der Waals surface area contributed by atoms with E-state index < -0.39 is 11.6 Å². The number of ether oxygens (including phenoxy) is 2. The normalized spacial score (nSPS) is 10.8. The van der Waals surface area contributed by atoms with Gasteiger partial charge in [-0.15, -0.1) is 0 Å². The fraction of sp³-hybridized carbons (Fsp3) is 0.600. The molecule has 0 bridgehead atoms. The number of carbonyl (C=O) groups is 2. The van der Waals surface area contributed by atoms with Crippen molar-refractivity contribution >= 4 is 12.3 Å². The molecule has 4 heteroatoms. The van der Waals surface area contributed by atoms with Gasteiger partial charge in [-0.3, -0.25) is 0 Å². The molecule has 14 heavy (non-hydrogen) atoms. The maximum Gasteiger partial charge on any atom is 0.333 e. The van der Waals surface area contributed by atoms with Crippen LogP contribution in [0.15, 0.2) is 12.2 Å². The maximum absolute atomic E-state index is 10.9. The SMILES string of the molecule is C=C(C)C(=O)OCCOC(C)(C)C=O. The van der Waals surface area contributed by atoms with E-state index in [-0.39, 0.29) is 13.2 Å². The molecule has 80 valence electrons. The van der Waals surface area contributed by atoms with Gasteiger partial charge in [0.1, 0.15) is 12.2 Å². The van der Waals surface area contributed by atoms with E-state index in [1.807, 2.05) is 0 Å². The predicted molar refractivity (Wildman–Crippen MR) is 51.9 cm³/mol. The largest absolute Gasteiger partial charge is 0.460 e. The maximum atomic E-state index is 10.9. The molecule has 0 heterocycles. The molecular weight excluding hydrogens is 184 g/mol. The molecule has 0 N–H and O–H groups in total. The first kappa shape index (κ1) is 12.8. The number of hydrogen-bond acceptors (Lipinski definition) is 4. The van der Waals surface area contributed by atoms with E-state index in [2.05, 4.69) is 6.58 Å². The zero-order chi connectivity index (χ0) is 11.2. The van der Waals surface area contributed by atoms with Crippen LogP contribution in [0.3, 0.4) is 0 Å². The van der Waals surface area contributed by atoms with Gasteiger partial charge in [0, 0.05) is 5.57 Å². The van der Waals surface area contributed by atoms with Gasteiger partial charge in [-0.1, -0.05) is 6.58 Å². The summed E-state index contributed by atoms with van der Waals surface area (Å²) < 4.78 is 9.90. The highest BCUT2D eigenvalue weighted by Gasteiger charge is 2.16. The highest BCUT2D eigenvalue weighted by atomic mass is 16.6. The smallest absolute Gasteiger partial charge is 0.333 e. The molecule has 0 saturated heterocycles. The molecule has 0 unspecified atom stereocenters. The summed E-state index contributed by atoms with van der Waals surface area (Å²) in [5.41, 5.74) is -0.477. The molecule has 0 aliphatic heterocycles. The molecule has 0 aromatic heterocycles. The third-order valence-corrected chi connectivity index (χ3v) is 1.42. The van der Waals surface area contributed by atoms with Crippen molar-refractivity contribution in [3.05, 3.63) is 12.2 Å². The second-order valence-electron chi connectivity index (χ2n) is 3.49. The Hall–Kier alpha value is -1.16. The van der Waals surface area contributed by atoms with Crippen molar-refractivity contribution in [1.29, 1.82) is 0 Å². The van der Waals surface area contributed by atoms with E-state index in [0.717, 1.165) is 0 Å². The number of aldehydes is 1. The Bertz CT molecular complexity index is 230. The molecule has 0 rings (SSSR count). The van der Waals surface area contributed by atoms with Gasteiger partial charge in [0.05, 0.1) is 6.61 Å². The Balaban J connectivity index is 3.62. The van der Waals surface area contributed by atoms with Gasteiger partial charge in [0.2, 0.25) is 0 Å². The molecule has 0 atom stereocenters. The van der Waals surface area contributed by atoms with Gasteiger partial charge in [0.25, 0.3) is 0 Å². The van der Waals surface area contributed by atoms with E-state index in [1.165, 1.54) is 0 Å². The Morgan fingerprint density at radius 1 is 1.43 bits per heavy atom. The summed E-state index contributed by atoms with van der Waals surface area (Å²) in [7, 11) is 0. The van der Waals surface area contributed by atoms with Crippen LogP contribution in [-0.4, -0.2) is 31.1 Å². The molecule has 0 spiro atoms. The summed E-state index contributed by atoms with van der Waals surface area (Å²) in [6.07, 6.45) is 0.702. The first-order valence-corrected chi connectivity index (χ1v) is 4.32. The molecule has 4 nitrogen and oxygen atoms in total. The fourth-order valence-corrected chi connectivity index (χ4v) is 0.596. The van der Waals surface area contributed by atoms with Crippen LogP contribution >= 0.6 is 0 Å². The standard InChI is InChI=1S/C10H16O4/c1-8(2)9(12)13-5-6-14-10(3,4)7-11/h7H,1,5-6H2,2-4H3. The van der Waals surface area contributed by atoms with Crippen molar-refractivity contribution in [2.45, 2.75) is 26.4 Å². The van der Waals surface area contributed by atoms with Crippen LogP contribution < -0.4 is 0 Å². The third kappa shape index (κ3) is 5.48. The van der Waals surface area contributed by atoms with Crippen LogP contribution in [0.4, 0.5) is 0 Å². The first-order valence-electron chi connectivity index (χ1n) is 4.32. The average Bonchev–Trinajstić information content (AvgIpc) is 2.12. The van der Waals surface area contributed by atoms with Crippen LogP contribution in [0.2, 0.25) is 0 Å². The van der Waals surface area contributed by atoms with Gasteiger partial charge < -0.3 is 14.3 Å². The average molecular weight is 200 g/mol. The van der Waals surface area contributed by atoms with Crippen molar-refractivity contribution in [3.63, 3.8) is 0 Å². The lowest BCUT2D eigenvalue weighted by Gasteiger charge is -2.17. The minimum atomic E-state index is -0.824. The Kier molecular flexibility index (Phi) is 5.09. The van der Waals surface area contributed by atoms with Crippen molar-refractivity contribution in [1.82, 2.24) is 0 Å². The topological polar surface area (TPSA) is 52.6 Å². The molecule has 0 aromatic carbocycles. The van der Waals surface area contributed by atoms with Gasteiger partial charge in [0.15, 0.2) is 6.29 Å². The highest BCUT2D eigenvalue weighted by molar-refractivity contribution is 5.86. The summed E-state index contributed by atoms with van der Waals surface area (Å²) in [6, 6.07) is 0. The lowest BCUT2D eigenvalue weighted by atomic mass is 10.2. The van der Waals surface area contributed by atoms with Crippen molar-refractivity contribution in [2.24, 2.45) is 0 Å². The summed E-state index contributed by atoms with van der Waals surface area (Å²) >= 11 is 0. The minimum absolute atomic E-state index is 0.128. The quantitative estimate of drug-likeness (QED) is 0.279. The number of hydrogen-bond donors (Lipinski definition) is 0. The van der Waals surface area contributed by atoms with Crippen molar-refractivity contribution in [3.8, 4) is 0 Å². The number of rotatable bonds is 6. The van der Waals surface area contributed by atoms with Gasteiger partial charge in [-0.25, -0.2) is 4.79 Å². The summed E-state index contributed by atoms with van der Waals surface area (Å²) in [6.45, 7) is 8.60. The number of carbonyl (C=O) groups excluding carboxylic acids is 2. The summed E-state index contributed by atoms with van der Waals surface area (Å²) in [5.74, 6) is -0.447. The van der Waals surface area contributed by atoms with Gasteiger partial charge in [-0.05, 0) is 20.8 Å². The van der Waals surface area contributed by atoms with Crippen LogP contribution in [0.25, 0.3) is 0 Å². The molecule has 0 radical (unpaired) electrons. The first-order chi connectivity index (χ1) is 6.39. The Labute approximate surface area is 83.9 Å². The van der Waals surface area contributed by atoms with E-state index in [4.69, 9.17) is 9.47 Å². The number of esters is 1. The third-order valence-electron chi connectivity index (χ3n) is 1.42. The second kappa shape index (κ2) is 5.54. The predicted octanol–water partition coefficient (Wildman–Crippen LogP) is 1.10. The van der Waals surface area contributed by atoms with E-state index in [0.29, 0.717) is 11.9 Å². The second-order valence-corrected chi connectivity index (χ2v) is 3.49. The van der Waals surface area contributed by atoms with Gasteiger partial charge in [-0.2, -0.15) is 0 Å². The van der Waals surface area contributed by atoms with Crippen molar-refractivity contribution < 1.29 is 19.1 Å². The lowest BCUT2D eigenvalue weighted by molar-refractivity contribution is -0.143. The van der Waals surface area contributed by atoms with Crippen LogP contribution in [0.5, 0.6) is 0 Å². The van der Waals surface area contributed by atoms with E-state index in [9.17, 15) is 9.59 Å². The van der Waals surface area contributed by atoms with Crippen LogP contribution in [0.1, 0.15) is 20.8 Å². The lowest BCUT2D eigenvalue weighted by Crippen LogP contribution is -2.28. The van der Waals surface area contributed by atoms with Gasteiger partial charge >= 0.3 is 5.97 Å². The van der Waals surface area contributed by atoms with Crippen LogP contribution in [-0.2, 0) is 19.1 Å². The Morgan fingerprint density at radius 2 is 2.00 bits per heavy atom. The molecular formula is C10H16O4. The zero-order valence-corrected chi connectivity index (χ0v) is 8.83.